The molecule has 28 heavy (non-hydrogen) atoms. The van der Waals surface area contributed by atoms with Gasteiger partial charge in [-0.2, -0.15) is 4.99 Å². The van der Waals surface area contributed by atoms with Gasteiger partial charge in [-0.3, -0.25) is 24.6 Å². The highest BCUT2D eigenvalue weighted by atomic mass is 32.1. The molecule has 1 atom stereocenters. The second-order valence-electron chi connectivity index (χ2n) is 6.15. The molecule has 0 bridgehead atoms. The van der Waals surface area contributed by atoms with Gasteiger partial charge < -0.3 is 5.73 Å². The van der Waals surface area contributed by atoms with Gasteiger partial charge in [0.1, 0.15) is 6.04 Å². The Balaban J connectivity index is 1.50. The SMILES string of the molecule is C[C@H](C(=O)NC(N)=Nc1nc2ccccc2s1)N1C(=O)c2ccccc2C1=O. The monoisotopic (exact) mass is 393 g/mol. The summed E-state index contributed by atoms with van der Waals surface area (Å²) in [6, 6.07) is 12.9. The van der Waals surface area contributed by atoms with E-state index in [2.05, 4.69) is 15.3 Å². The number of hydrogen-bond donors (Lipinski definition) is 2. The van der Waals surface area contributed by atoms with E-state index in [1.165, 1.54) is 18.3 Å². The lowest BCUT2D eigenvalue weighted by atomic mass is 10.1. The summed E-state index contributed by atoms with van der Waals surface area (Å²) in [7, 11) is 0. The topological polar surface area (TPSA) is 118 Å². The van der Waals surface area contributed by atoms with E-state index in [9.17, 15) is 14.4 Å². The molecule has 0 aliphatic carbocycles. The maximum absolute atomic E-state index is 12.5. The van der Waals surface area contributed by atoms with Crippen molar-refractivity contribution < 1.29 is 14.4 Å². The molecular weight excluding hydrogens is 378 g/mol. The van der Waals surface area contributed by atoms with Crippen molar-refractivity contribution in [3.8, 4) is 0 Å². The maximum Gasteiger partial charge on any atom is 0.262 e. The lowest BCUT2D eigenvalue weighted by Crippen LogP contribution is -2.50. The number of carbonyl (C=O) groups excluding carboxylic acids is 3. The predicted molar refractivity (Wildman–Crippen MR) is 105 cm³/mol. The minimum atomic E-state index is -1.04. The predicted octanol–water partition coefficient (Wildman–Crippen LogP) is 2.04. The van der Waals surface area contributed by atoms with E-state index in [1.54, 1.807) is 24.3 Å². The van der Waals surface area contributed by atoms with E-state index in [0.717, 1.165) is 15.1 Å². The minimum Gasteiger partial charge on any atom is -0.369 e. The van der Waals surface area contributed by atoms with Crippen molar-refractivity contribution in [3.05, 3.63) is 59.7 Å². The highest BCUT2D eigenvalue weighted by molar-refractivity contribution is 7.22. The summed E-state index contributed by atoms with van der Waals surface area (Å²) in [6.07, 6.45) is 0. The maximum atomic E-state index is 12.5. The summed E-state index contributed by atoms with van der Waals surface area (Å²) >= 11 is 1.33. The third-order valence-corrected chi connectivity index (χ3v) is 5.27. The van der Waals surface area contributed by atoms with E-state index >= 15 is 0 Å². The van der Waals surface area contributed by atoms with E-state index in [-0.39, 0.29) is 17.1 Å². The Morgan fingerprint density at radius 1 is 1.11 bits per heavy atom. The third-order valence-electron chi connectivity index (χ3n) is 4.34. The number of guanidine groups is 1. The Morgan fingerprint density at radius 2 is 1.71 bits per heavy atom. The zero-order valence-corrected chi connectivity index (χ0v) is 15.6. The third kappa shape index (κ3) is 3.01. The number of rotatable bonds is 3. The quantitative estimate of drug-likeness (QED) is 0.401. The highest BCUT2D eigenvalue weighted by Crippen LogP contribution is 2.27. The Bertz CT molecular complexity index is 1090. The fourth-order valence-electron chi connectivity index (χ4n) is 2.95. The molecule has 4 rings (SSSR count). The molecule has 0 saturated carbocycles. The largest absolute Gasteiger partial charge is 0.369 e. The van der Waals surface area contributed by atoms with Gasteiger partial charge in [-0.05, 0) is 31.2 Å². The number of nitrogens with zero attached hydrogens (tertiary/aromatic N) is 3. The van der Waals surface area contributed by atoms with Crippen LogP contribution in [-0.4, -0.2) is 39.6 Å². The molecule has 2 heterocycles. The molecule has 3 aromatic rings. The van der Waals surface area contributed by atoms with Gasteiger partial charge in [0.2, 0.25) is 17.0 Å². The zero-order valence-electron chi connectivity index (χ0n) is 14.7. The number of fused-ring (bicyclic) bond motifs is 2. The van der Waals surface area contributed by atoms with Crippen LogP contribution in [0.25, 0.3) is 10.2 Å². The van der Waals surface area contributed by atoms with Crippen LogP contribution in [0.2, 0.25) is 0 Å². The van der Waals surface area contributed by atoms with Crippen LogP contribution in [0.5, 0.6) is 0 Å². The standard InChI is InChI=1S/C19H15N5O3S/c1-10(24-16(26)11-6-2-3-7-12(11)17(24)27)15(25)22-18(20)23-19-21-13-8-4-5-9-14(13)28-19/h2-10H,1H3,(H3,20,21,22,23,25)/t10-/m1/s1. The number of para-hydroxylation sites is 1. The van der Waals surface area contributed by atoms with E-state index < -0.39 is 23.8 Å². The average Bonchev–Trinajstić information content (AvgIpc) is 3.19. The van der Waals surface area contributed by atoms with Gasteiger partial charge in [-0.1, -0.05) is 35.6 Å². The first-order valence-corrected chi connectivity index (χ1v) is 9.25. The van der Waals surface area contributed by atoms with Crippen molar-refractivity contribution >= 4 is 50.4 Å². The molecule has 1 aromatic heterocycles. The van der Waals surface area contributed by atoms with Crippen molar-refractivity contribution in [3.63, 3.8) is 0 Å². The molecule has 0 saturated heterocycles. The first kappa shape index (κ1) is 17.8. The molecule has 9 heteroatoms. The molecule has 8 nitrogen and oxygen atoms in total. The van der Waals surface area contributed by atoms with Crippen LogP contribution < -0.4 is 11.1 Å². The summed E-state index contributed by atoms with van der Waals surface area (Å²) in [5.41, 5.74) is 7.16. The van der Waals surface area contributed by atoms with E-state index in [0.29, 0.717) is 5.13 Å². The molecule has 1 aliphatic heterocycles. The van der Waals surface area contributed by atoms with E-state index in [1.807, 2.05) is 24.3 Å². The Kier molecular flexibility index (Phi) is 4.36. The number of carbonyl (C=O) groups is 3. The number of aromatic nitrogens is 1. The normalized spacial score (nSPS) is 15.0. The zero-order chi connectivity index (χ0) is 19.8. The second kappa shape index (κ2) is 6.86. The van der Waals surface area contributed by atoms with Crippen LogP contribution in [0.4, 0.5) is 5.13 Å². The van der Waals surface area contributed by atoms with Crippen LogP contribution in [-0.2, 0) is 4.79 Å². The van der Waals surface area contributed by atoms with Gasteiger partial charge >= 0.3 is 0 Å². The van der Waals surface area contributed by atoms with Crippen molar-refractivity contribution in [2.75, 3.05) is 0 Å². The molecule has 3 N–H and O–H groups in total. The van der Waals surface area contributed by atoms with Gasteiger partial charge in [0.15, 0.2) is 0 Å². The van der Waals surface area contributed by atoms with Gasteiger partial charge in [0.25, 0.3) is 11.8 Å². The lowest BCUT2D eigenvalue weighted by Gasteiger charge is -2.21. The molecule has 3 amide bonds. The number of nitrogens with one attached hydrogen (secondary N) is 1. The Labute approximate surface area is 163 Å². The summed E-state index contributed by atoms with van der Waals surface area (Å²) in [4.78, 5) is 46.8. The minimum absolute atomic E-state index is 0.160. The van der Waals surface area contributed by atoms with Crippen LogP contribution in [0.15, 0.2) is 53.5 Å². The summed E-state index contributed by atoms with van der Waals surface area (Å²) < 4.78 is 0.944. The fraction of sp³-hybridized carbons (Fsp3) is 0.105. The van der Waals surface area contributed by atoms with Crippen molar-refractivity contribution in [2.45, 2.75) is 13.0 Å². The molecule has 0 radical (unpaired) electrons. The number of imide groups is 1. The molecule has 2 aromatic carbocycles. The van der Waals surface area contributed by atoms with Crippen LogP contribution in [0.1, 0.15) is 27.6 Å². The smallest absolute Gasteiger partial charge is 0.262 e. The van der Waals surface area contributed by atoms with Gasteiger partial charge in [-0.15, -0.1) is 0 Å². The molecule has 1 aliphatic rings. The highest BCUT2D eigenvalue weighted by Gasteiger charge is 2.40. The molecule has 140 valence electrons. The summed E-state index contributed by atoms with van der Waals surface area (Å²) in [6.45, 7) is 1.46. The van der Waals surface area contributed by atoms with Crippen molar-refractivity contribution in [1.29, 1.82) is 0 Å². The number of thiazole rings is 1. The lowest BCUT2D eigenvalue weighted by molar-refractivity contribution is -0.123. The molecule has 0 unspecified atom stereocenters. The Morgan fingerprint density at radius 3 is 2.36 bits per heavy atom. The number of aliphatic imine (C=N–C) groups is 1. The fourth-order valence-corrected chi connectivity index (χ4v) is 3.80. The first-order valence-electron chi connectivity index (χ1n) is 8.43. The summed E-state index contributed by atoms with van der Waals surface area (Å²) in [5, 5.41) is 2.82. The first-order chi connectivity index (χ1) is 13.5. The van der Waals surface area contributed by atoms with Crippen LogP contribution >= 0.6 is 11.3 Å². The molecular formula is C19H15N5O3S. The van der Waals surface area contributed by atoms with Crippen molar-refractivity contribution in [1.82, 2.24) is 15.2 Å². The molecule has 0 spiro atoms. The Hall–Kier alpha value is -3.59. The number of amides is 3. The number of hydrogen-bond acceptors (Lipinski definition) is 6. The number of nitrogens with two attached hydrogens (primary N) is 1. The van der Waals surface area contributed by atoms with Gasteiger partial charge in [-0.25, -0.2) is 4.98 Å². The van der Waals surface area contributed by atoms with Gasteiger partial charge in [0, 0.05) is 0 Å². The number of benzene rings is 2. The molecule has 0 fully saturated rings. The van der Waals surface area contributed by atoms with Crippen LogP contribution in [0, 0.1) is 0 Å². The van der Waals surface area contributed by atoms with E-state index in [4.69, 9.17) is 5.73 Å². The van der Waals surface area contributed by atoms with Crippen molar-refractivity contribution in [2.24, 2.45) is 10.7 Å². The summed E-state index contributed by atoms with van der Waals surface area (Å²) in [5.74, 6) is -1.79. The second-order valence-corrected chi connectivity index (χ2v) is 7.16. The van der Waals surface area contributed by atoms with Crippen LogP contribution in [0.3, 0.4) is 0 Å². The average molecular weight is 393 g/mol. The van der Waals surface area contributed by atoms with Gasteiger partial charge in [0.05, 0.1) is 21.3 Å².